The molecular weight excluding hydrogens is 268 g/mol. The molecule has 2 fully saturated rings. The summed E-state index contributed by atoms with van der Waals surface area (Å²) in [5.74, 6) is 0.755. The predicted octanol–water partition coefficient (Wildman–Crippen LogP) is 4.15. The molecule has 0 radical (unpaired) electrons. The van der Waals surface area contributed by atoms with Gasteiger partial charge in [0.1, 0.15) is 0 Å². The average Bonchev–Trinajstić information content (AvgIpc) is 2.42. The minimum absolute atomic E-state index is 0.387. The molecule has 2 rings (SSSR count). The van der Waals surface area contributed by atoms with Gasteiger partial charge in [-0.05, 0) is 37.7 Å². The third-order valence-corrected chi connectivity index (χ3v) is 5.30. The molecule has 1 spiro atoms. The van der Waals surface area contributed by atoms with E-state index in [1.807, 2.05) is 0 Å². The fourth-order valence-electron chi connectivity index (χ4n) is 3.92. The van der Waals surface area contributed by atoms with Crippen LogP contribution < -0.4 is 5.32 Å². The summed E-state index contributed by atoms with van der Waals surface area (Å²) >= 11 is 5.90. The van der Waals surface area contributed by atoms with E-state index in [2.05, 4.69) is 31.0 Å². The van der Waals surface area contributed by atoms with Crippen molar-refractivity contribution in [1.82, 2.24) is 10.2 Å². The predicted molar refractivity (Wildman–Crippen MR) is 88.2 cm³/mol. The normalized spacial score (nSPS) is 28.2. The van der Waals surface area contributed by atoms with Crippen LogP contribution in [0, 0.1) is 5.92 Å². The van der Waals surface area contributed by atoms with Gasteiger partial charge in [0, 0.05) is 36.8 Å². The number of piperazine rings is 1. The van der Waals surface area contributed by atoms with Gasteiger partial charge in [0.25, 0.3) is 0 Å². The van der Waals surface area contributed by atoms with Crippen LogP contribution in [-0.4, -0.2) is 36.1 Å². The second kappa shape index (κ2) is 7.29. The lowest BCUT2D eigenvalue weighted by molar-refractivity contribution is 0.0538. The fraction of sp³-hybridized carbons (Fsp3) is 0.882. The third-order valence-electron chi connectivity index (χ3n) is 4.93. The highest BCUT2D eigenvalue weighted by molar-refractivity contribution is 6.25. The summed E-state index contributed by atoms with van der Waals surface area (Å²) in [6.07, 6.45) is 8.17. The van der Waals surface area contributed by atoms with Crippen LogP contribution in [0.3, 0.4) is 0 Å². The molecular formula is C17H31ClN2. The Morgan fingerprint density at radius 1 is 1.35 bits per heavy atom. The molecule has 1 unspecified atom stereocenters. The van der Waals surface area contributed by atoms with E-state index in [4.69, 9.17) is 11.6 Å². The molecule has 0 bridgehead atoms. The van der Waals surface area contributed by atoms with Gasteiger partial charge in [-0.15, -0.1) is 0 Å². The first-order chi connectivity index (χ1) is 9.54. The topological polar surface area (TPSA) is 15.3 Å². The molecule has 1 heterocycles. The first-order valence-corrected chi connectivity index (χ1v) is 8.73. The number of halogens is 1. The van der Waals surface area contributed by atoms with Gasteiger partial charge in [0.15, 0.2) is 0 Å². The Balaban J connectivity index is 2.05. The Labute approximate surface area is 129 Å². The SMILES string of the molecule is CC(=CCl)CN1CC2(CCCCC2)NCC1CC(C)C. The molecule has 2 aliphatic rings. The van der Waals surface area contributed by atoms with Crippen molar-refractivity contribution in [1.29, 1.82) is 0 Å². The van der Waals surface area contributed by atoms with Crippen molar-refractivity contribution in [2.24, 2.45) is 5.92 Å². The van der Waals surface area contributed by atoms with Crippen LogP contribution in [-0.2, 0) is 0 Å². The highest BCUT2D eigenvalue weighted by Gasteiger charge is 2.39. The summed E-state index contributed by atoms with van der Waals surface area (Å²) in [6.45, 7) is 10.2. The summed E-state index contributed by atoms with van der Waals surface area (Å²) in [5, 5.41) is 3.92. The summed E-state index contributed by atoms with van der Waals surface area (Å²) in [6, 6.07) is 0.661. The monoisotopic (exact) mass is 298 g/mol. The molecule has 0 amide bonds. The fourth-order valence-corrected chi connectivity index (χ4v) is 3.99. The van der Waals surface area contributed by atoms with E-state index in [0.29, 0.717) is 11.6 Å². The molecule has 1 aliphatic heterocycles. The molecule has 1 N–H and O–H groups in total. The number of nitrogens with one attached hydrogen (secondary N) is 1. The Kier molecular flexibility index (Phi) is 5.95. The average molecular weight is 299 g/mol. The molecule has 2 nitrogen and oxygen atoms in total. The second-order valence-electron chi connectivity index (χ2n) is 7.37. The molecule has 3 heteroatoms. The Bertz CT molecular complexity index is 332. The van der Waals surface area contributed by atoms with Crippen LogP contribution in [0.2, 0.25) is 0 Å². The number of hydrogen-bond donors (Lipinski definition) is 1. The maximum Gasteiger partial charge on any atom is 0.0309 e. The standard InChI is InChI=1S/C17H31ClN2/c1-14(2)9-16-11-19-17(7-5-4-6-8-17)13-20(16)12-15(3)10-18/h10,14,16,19H,4-9,11-13H2,1-3H3. The van der Waals surface area contributed by atoms with Crippen molar-refractivity contribution in [3.8, 4) is 0 Å². The van der Waals surface area contributed by atoms with Crippen LogP contribution in [0.5, 0.6) is 0 Å². The highest BCUT2D eigenvalue weighted by Crippen LogP contribution is 2.33. The maximum atomic E-state index is 5.90. The van der Waals surface area contributed by atoms with Crippen LogP contribution >= 0.6 is 11.6 Å². The van der Waals surface area contributed by atoms with Crippen molar-refractivity contribution in [3.05, 3.63) is 11.1 Å². The highest BCUT2D eigenvalue weighted by atomic mass is 35.5. The maximum absolute atomic E-state index is 5.90. The van der Waals surface area contributed by atoms with E-state index in [-0.39, 0.29) is 0 Å². The van der Waals surface area contributed by atoms with E-state index in [9.17, 15) is 0 Å². The van der Waals surface area contributed by atoms with Crippen LogP contribution in [0.1, 0.15) is 59.3 Å². The lowest BCUT2D eigenvalue weighted by Gasteiger charge is -2.50. The Morgan fingerprint density at radius 3 is 2.65 bits per heavy atom. The lowest BCUT2D eigenvalue weighted by Crippen LogP contribution is -2.65. The summed E-state index contributed by atoms with van der Waals surface area (Å²) < 4.78 is 0. The van der Waals surface area contributed by atoms with Crippen molar-refractivity contribution in [3.63, 3.8) is 0 Å². The van der Waals surface area contributed by atoms with Gasteiger partial charge < -0.3 is 5.32 Å². The summed E-state index contributed by atoms with van der Waals surface area (Å²) in [4.78, 5) is 2.69. The van der Waals surface area contributed by atoms with E-state index < -0.39 is 0 Å². The number of nitrogens with zero attached hydrogens (tertiary/aromatic N) is 1. The van der Waals surface area contributed by atoms with Crippen molar-refractivity contribution < 1.29 is 0 Å². The number of rotatable bonds is 4. The zero-order chi connectivity index (χ0) is 14.6. The molecule has 116 valence electrons. The van der Waals surface area contributed by atoms with Gasteiger partial charge in [0.2, 0.25) is 0 Å². The van der Waals surface area contributed by atoms with Crippen molar-refractivity contribution in [2.45, 2.75) is 70.9 Å². The molecule has 0 aromatic heterocycles. The van der Waals surface area contributed by atoms with Gasteiger partial charge in [-0.1, -0.05) is 44.7 Å². The van der Waals surface area contributed by atoms with Crippen LogP contribution in [0.15, 0.2) is 11.1 Å². The minimum Gasteiger partial charge on any atom is -0.308 e. The van der Waals surface area contributed by atoms with Crippen LogP contribution in [0.25, 0.3) is 0 Å². The quantitative estimate of drug-likeness (QED) is 0.839. The number of hydrogen-bond acceptors (Lipinski definition) is 2. The van der Waals surface area contributed by atoms with E-state index in [0.717, 1.165) is 19.0 Å². The molecule has 1 saturated heterocycles. The largest absolute Gasteiger partial charge is 0.308 e. The van der Waals surface area contributed by atoms with Crippen molar-refractivity contribution in [2.75, 3.05) is 19.6 Å². The lowest BCUT2D eigenvalue weighted by atomic mass is 9.78. The zero-order valence-corrected chi connectivity index (χ0v) is 14.2. The Morgan fingerprint density at radius 2 is 2.05 bits per heavy atom. The zero-order valence-electron chi connectivity index (χ0n) is 13.4. The molecule has 0 aromatic carbocycles. The van der Waals surface area contributed by atoms with Crippen molar-refractivity contribution >= 4 is 11.6 Å². The smallest absolute Gasteiger partial charge is 0.0309 e. The first-order valence-electron chi connectivity index (χ1n) is 8.29. The van der Waals surface area contributed by atoms with Gasteiger partial charge in [0.05, 0.1) is 0 Å². The minimum atomic E-state index is 0.387. The summed E-state index contributed by atoms with van der Waals surface area (Å²) in [5.41, 5.74) is 3.42. The van der Waals surface area contributed by atoms with Gasteiger partial charge in [-0.3, -0.25) is 4.90 Å². The molecule has 20 heavy (non-hydrogen) atoms. The molecule has 1 aliphatic carbocycles. The van der Waals surface area contributed by atoms with Gasteiger partial charge >= 0.3 is 0 Å². The molecule has 1 atom stereocenters. The van der Waals surface area contributed by atoms with E-state index in [1.165, 1.54) is 50.6 Å². The van der Waals surface area contributed by atoms with Gasteiger partial charge in [-0.25, -0.2) is 0 Å². The Hall–Kier alpha value is -0.0500. The van der Waals surface area contributed by atoms with Gasteiger partial charge in [-0.2, -0.15) is 0 Å². The molecule has 1 saturated carbocycles. The summed E-state index contributed by atoms with van der Waals surface area (Å²) in [7, 11) is 0. The third kappa shape index (κ3) is 4.22. The second-order valence-corrected chi connectivity index (χ2v) is 7.58. The first kappa shape index (κ1) is 16.3. The van der Waals surface area contributed by atoms with Crippen LogP contribution in [0.4, 0.5) is 0 Å². The molecule has 0 aromatic rings. The van der Waals surface area contributed by atoms with E-state index in [1.54, 1.807) is 5.54 Å². The van der Waals surface area contributed by atoms with E-state index >= 15 is 0 Å².